The number of nitrogens with zero attached hydrogens (tertiary/aromatic N) is 3. The highest BCUT2D eigenvalue weighted by molar-refractivity contribution is 5.56. The Morgan fingerprint density at radius 2 is 1.75 bits per heavy atom. The van der Waals surface area contributed by atoms with Gasteiger partial charge < -0.3 is 9.84 Å². The van der Waals surface area contributed by atoms with E-state index >= 15 is 0 Å². The summed E-state index contributed by atoms with van der Waals surface area (Å²) < 4.78 is 5.38. The Kier molecular flexibility index (Phi) is 4.05. The summed E-state index contributed by atoms with van der Waals surface area (Å²) in [6, 6.07) is 11.8. The SMILES string of the molecule is C(#Cc1ccc(-c2noc(C3CCCN3)n2)cc1)c1ccncc1. The predicted octanol–water partition coefficient (Wildman–Crippen LogP) is 2.96. The third-order valence-corrected chi connectivity index (χ3v) is 3.97. The zero-order chi connectivity index (χ0) is 16.2. The van der Waals surface area contributed by atoms with Crippen LogP contribution < -0.4 is 5.32 Å². The summed E-state index contributed by atoms with van der Waals surface area (Å²) >= 11 is 0. The number of rotatable bonds is 2. The molecular weight excluding hydrogens is 300 g/mol. The minimum absolute atomic E-state index is 0.191. The molecule has 1 aliphatic heterocycles. The van der Waals surface area contributed by atoms with E-state index in [9.17, 15) is 0 Å². The highest BCUT2D eigenvalue weighted by Crippen LogP contribution is 2.24. The monoisotopic (exact) mass is 316 g/mol. The van der Waals surface area contributed by atoms with Gasteiger partial charge in [0.1, 0.15) is 0 Å². The smallest absolute Gasteiger partial charge is 0.244 e. The van der Waals surface area contributed by atoms with E-state index in [1.807, 2.05) is 36.4 Å². The Balaban J connectivity index is 1.51. The molecule has 1 unspecified atom stereocenters. The Labute approximate surface area is 140 Å². The van der Waals surface area contributed by atoms with Crippen molar-refractivity contribution in [2.45, 2.75) is 18.9 Å². The molecular formula is C19H16N4O. The molecule has 4 rings (SSSR count). The second kappa shape index (κ2) is 6.65. The van der Waals surface area contributed by atoms with Gasteiger partial charge in [-0.2, -0.15) is 4.98 Å². The fraction of sp³-hybridized carbons (Fsp3) is 0.211. The first-order chi connectivity index (χ1) is 11.9. The van der Waals surface area contributed by atoms with Crippen molar-refractivity contribution in [3.63, 3.8) is 0 Å². The van der Waals surface area contributed by atoms with E-state index in [2.05, 4.69) is 32.3 Å². The Bertz CT molecular complexity index is 869. The van der Waals surface area contributed by atoms with Crippen LogP contribution in [0.2, 0.25) is 0 Å². The van der Waals surface area contributed by atoms with Gasteiger partial charge >= 0.3 is 0 Å². The Morgan fingerprint density at radius 3 is 2.46 bits per heavy atom. The fourth-order valence-corrected chi connectivity index (χ4v) is 2.67. The van der Waals surface area contributed by atoms with Crippen molar-refractivity contribution in [1.82, 2.24) is 20.4 Å². The summed E-state index contributed by atoms with van der Waals surface area (Å²) in [4.78, 5) is 8.48. The molecule has 24 heavy (non-hydrogen) atoms. The summed E-state index contributed by atoms with van der Waals surface area (Å²) in [7, 11) is 0. The average molecular weight is 316 g/mol. The fourth-order valence-electron chi connectivity index (χ4n) is 2.67. The van der Waals surface area contributed by atoms with Crippen molar-refractivity contribution in [3.05, 3.63) is 65.8 Å². The largest absolute Gasteiger partial charge is 0.337 e. The normalized spacial score (nSPS) is 16.6. The molecule has 1 fully saturated rings. The van der Waals surface area contributed by atoms with Crippen LogP contribution in [0.1, 0.15) is 35.9 Å². The van der Waals surface area contributed by atoms with Gasteiger partial charge in [-0.15, -0.1) is 0 Å². The predicted molar refractivity (Wildman–Crippen MR) is 89.9 cm³/mol. The third kappa shape index (κ3) is 3.19. The lowest BCUT2D eigenvalue weighted by molar-refractivity contribution is 0.345. The summed E-state index contributed by atoms with van der Waals surface area (Å²) in [5.74, 6) is 7.54. The summed E-state index contributed by atoms with van der Waals surface area (Å²) in [6.45, 7) is 1.01. The van der Waals surface area contributed by atoms with Gasteiger partial charge in [-0.05, 0) is 55.8 Å². The molecule has 0 radical (unpaired) electrons. The van der Waals surface area contributed by atoms with Crippen LogP contribution in [-0.2, 0) is 0 Å². The van der Waals surface area contributed by atoms with Crippen LogP contribution in [0.3, 0.4) is 0 Å². The van der Waals surface area contributed by atoms with Gasteiger partial charge in [-0.1, -0.05) is 17.0 Å². The number of pyridine rings is 1. The molecule has 118 valence electrons. The van der Waals surface area contributed by atoms with Crippen LogP contribution in [0.15, 0.2) is 53.3 Å². The minimum Gasteiger partial charge on any atom is -0.337 e. The van der Waals surface area contributed by atoms with Gasteiger partial charge in [0.25, 0.3) is 0 Å². The molecule has 1 atom stereocenters. The van der Waals surface area contributed by atoms with Crippen LogP contribution in [0.4, 0.5) is 0 Å². The molecule has 0 aliphatic carbocycles. The van der Waals surface area contributed by atoms with Crippen molar-refractivity contribution < 1.29 is 4.52 Å². The standard InChI is InChI=1S/C19H16N4O/c1-2-17(21-11-1)19-22-18(23-24-19)16-7-5-14(6-8-16)3-4-15-9-12-20-13-10-15/h5-10,12-13,17,21H,1-2,11H2. The second-order valence-electron chi connectivity index (χ2n) is 5.67. The van der Waals surface area contributed by atoms with Gasteiger partial charge in [-0.3, -0.25) is 4.98 Å². The highest BCUT2D eigenvalue weighted by Gasteiger charge is 2.22. The maximum atomic E-state index is 5.38. The molecule has 5 nitrogen and oxygen atoms in total. The van der Waals surface area contributed by atoms with E-state index in [0.29, 0.717) is 11.7 Å². The molecule has 0 saturated carbocycles. The Morgan fingerprint density at radius 1 is 1.00 bits per heavy atom. The van der Waals surface area contributed by atoms with Crippen molar-refractivity contribution in [1.29, 1.82) is 0 Å². The zero-order valence-corrected chi connectivity index (χ0v) is 13.1. The molecule has 3 heterocycles. The average Bonchev–Trinajstić information content (AvgIpc) is 3.33. The molecule has 0 bridgehead atoms. The number of hydrogen-bond donors (Lipinski definition) is 1. The van der Waals surface area contributed by atoms with E-state index in [0.717, 1.165) is 36.1 Å². The van der Waals surface area contributed by atoms with Crippen molar-refractivity contribution >= 4 is 0 Å². The van der Waals surface area contributed by atoms with E-state index in [1.165, 1.54) is 0 Å². The minimum atomic E-state index is 0.191. The van der Waals surface area contributed by atoms with Crippen molar-refractivity contribution in [2.24, 2.45) is 0 Å². The van der Waals surface area contributed by atoms with Gasteiger partial charge in [0, 0.05) is 29.1 Å². The molecule has 1 aliphatic rings. The molecule has 0 spiro atoms. The number of aromatic nitrogens is 3. The highest BCUT2D eigenvalue weighted by atomic mass is 16.5. The zero-order valence-electron chi connectivity index (χ0n) is 13.1. The quantitative estimate of drug-likeness (QED) is 0.736. The molecule has 1 aromatic carbocycles. The molecule has 5 heteroatoms. The van der Waals surface area contributed by atoms with E-state index in [4.69, 9.17) is 4.52 Å². The van der Waals surface area contributed by atoms with Crippen molar-refractivity contribution in [3.8, 4) is 23.2 Å². The summed E-state index contributed by atoms with van der Waals surface area (Å²) in [6.07, 6.45) is 5.67. The lowest BCUT2D eigenvalue weighted by Gasteiger charge is -2.01. The van der Waals surface area contributed by atoms with Gasteiger partial charge in [-0.25, -0.2) is 0 Å². The third-order valence-electron chi connectivity index (χ3n) is 3.97. The lowest BCUT2D eigenvalue weighted by atomic mass is 10.1. The van der Waals surface area contributed by atoms with Gasteiger partial charge in [0.05, 0.1) is 6.04 Å². The van der Waals surface area contributed by atoms with Crippen LogP contribution in [0.25, 0.3) is 11.4 Å². The van der Waals surface area contributed by atoms with Crippen LogP contribution in [-0.4, -0.2) is 21.7 Å². The van der Waals surface area contributed by atoms with Crippen LogP contribution in [0.5, 0.6) is 0 Å². The Hall–Kier alpha value is -2.97. The molecule has 1 saturated heterocycles. The van der Waals surface area contributed by atoms with E-state index in [-0.39, 0.29) is 6.04 Å². The molecule has 0 amide bonds. The van der Waals surface area contributed by atoms with Crippen LogP contribution in [0, 0.1) is 11.8 Å². The first-order valence-corrected chi connectivity index (χ1v) is 7.98. The molecule has 3 aromatic rings. The van der Waals surface area contributed by atoms with Crippen molar-refractivity contribution in [2.75, 3.05) is 6.54 Å². The maximum absolute atomic E-state index is 5.38. The van der Waals surface area contributed by atoms with Gasteiger partial charge in [0.2, 0.25) is 11.7 Å². The number of nitrogens with one attached hydrogen (secondary N) is 1. The topological polar surface area (TPSA) is 63.8 Å². The summed E-state index contributed by atoms with van der Waals surface area (Å²) in [5.41, 5.74) is 2.81. The van der Waals surface area contributed by atoms with Gasteiger partial charge in [0.15, 0.2) is 0 Å². The number of benzene rings is 1. The van der Waals surface area contributed by atoms with Crippen LogP contribution >= 0.6 is 0 Å². The lowest BCUT2D eigenvalue weighted by Crippen LogP contribution is -2.12. The summed E-state index contributed by atoms with van der Waals surface area (Å²) in [5, 5.41) is 7.45. The molecule has 2 aromatic heterocycles. The van der Waals surface area contributed by atoms with E-state index < -0.39 is 0 Å². The number of hydrogen-bond acceptors (Lipinski definition) is 5. The first-order valence-electron chi connectivity index (χ1n) is 7.98. The first kappa shape index (κ1) is 14.6. The molecule has 1 N–H and O–H groups in total. The van der Waals surface area contributed by atoms with E-state index in [1.54, 1.807) is 12.4 Å². The second-order valence-corrected chi connectivity index (χ2v) is 5.67. The maximum Gasteiger partial charge on any atom is 0.244 e.